The zero-order chi connectivity index (χ0) is 15.2. The van der Waals surface area contributed by atoms with E-state index in [1.54, 1.807) is 0 Å². The zero-order valence-electron chi connectivity index (χ0n) is 12.1. The highest BCUT2D eigenvalue weighted by Crippen LogP contribution is 2.22. The predicted octanol–water partition coefficient (Wildman–Crippen LogP) is 3.90. The lowest BCUT2D eigenvalue weighted by Gasteiger charge is -2.16. The molecule has 1 amide bonds. The van der Waals surface area contributed by atoms with Gasteiger partial charge < -0.3 is 10.1 Å². The van der Waals surface area contributed by atoms with Gasteiger partial charge in [0.05, 0.1) is 6.04 Å². The second kappa shape index (κ2) is 7.14. The number of para-hydroxylation sites is 1. The molecule has 1 atom stereocenters. The number of hydrogen-bond acceptors (Lipinski definition) is 2. The highest BCUT2D eigenvalue weighted by Gasteiger charge is 2.12. The van der Waals surface area contributed by atoms with Crippen LogP contribution >= 0.6 is 11.6 Å². The van der Waals surface area contributed by atoms with Crippen LogP contribution < -0.4 is 10.1 Å². The Kier molecular flexibility index (Phi) is 5.23. The maximum atomic E-state index is 11.9. The Balaban J connectivity index is 1.90. The lowest BCUT2D eigenvalue weighted by atomic mass is 10.1. The highest BCUT2D eigenvalue weighted by molar-refractivity contribution is 6.31. The van der Waals surface area contributed by atoms with Crippen LogP contribution in [0.3, 0.4) is 0 Å². The van der Waals surface area contributed by atoms with Crippen molar-refractivity contribution in [1.29, 1.82) is 0 Å². The Labute approximate surface area is 129 Å². The summed E-state index contributed by atoms with van der Waals surface area (Å²) in [7, 11) is 0. The summed E-state index contributed by atoms with van der Waals surface area (Å²) in [4.78, 5) is 11.9. The average Bonchev–Trinajstić information content (AvgIpc) is 2.46. The van der Waals surface area contributed by atoms with Gasteiger partial charge in [-0.3, -0.25) is 4.79 Å². The van der Waals surface area contributed by atoms with Crippen LogP contribution in [-0.4, -0.2) is 12.5 Å². The van der Waals surface area contributed by atoms with Gasteiger partial charge in [-0.2, -0.15) is 0 Å². The molecule has 3 nitrogen and oxygen atoms in total. The number of halogens is 1. The van der Waals surface area contributed by atoms with Crippen molar-refractivity contribution in [3.05, 3.63) is 64.7 Å². The molecule has 0 aliphatic carbocycles. The largest absolute Gasteiger partial charge is 0.484 e. The summed E-state index contributed by atoms with van der Waals surface area (Å²) in [5, 5.41) is 3.52. The summed E-state index contributed by atoms with van der Waals surface area (Å²) in [5.41, 5.74) is 1.90. The van der Waals surface area contributed by atoms with E-state index in [1.807, 2.05) is 62.4 Å². The Bertz CT molecular complexity index is 628. The van der Waals surface area contributed by atoms with Gasteiger partial charge in [0.25, 0.3) is 5.91 Å². The Hall–Kier alpha value is -2.00. The molecule has 0 bridgehead atoms. The number of hydrogen-bond donors (Lipinski definition) is 1. The standard InChI is InChI=1S/C17H18ClNO2/c1-12-7-3-6-10-16(12)21-11-17(20)19-13(2)14-8-4-5-9-15(14)18/h3-10,13H,11H2,1-2H3,(H,19,20). The van der Waals surface area contributed by atoms with Crippen molar-refractivity contribution in [3.8, 4) is 5.75 Å². The van der Waals surface area contributed by atoms with E-state index in [0.717, 1.165) is 16.9 Å². The first kappa shape index (κ1) is 15.4. The van der Waals surface area contributed by atoms with Crippen molar-refractivity contribution >= 4 is 17.5 Å². The summed E-state index contributed by atoms with van der Waals surface area (Å²) in [6.07, 6.45) is 0. The van der Waals surface area contributed by atoms with Crippen molar-refractivity contribution in [3.63, 3.8) is 0 Å². The second-order valence-corrected chi connectivity index (χ2v) is 5.27. The first-order valence-electron chi connectivity index (χ1n) is 6.80. The molecular formula is C17H18ClNO2. The molecule has 0 radical (unpaired) electrons. The van der Waals surface area contributed by atoms with Gasteiger partial charge in [0, 0.05) is 5.02 Å². The van der Waals surface area contributed by atoms with E-state index in [-0.39, 0.29) is 18.6 Å². The first-order valence-corrected chi connectivity index (χ1v) is 7.18. The number of ether oxygens (including phenoxy) is 1. The van der Waals surface area contributed by atoms with Gasteiger partial charge in [0.15, 0.2) is 6.61 Å². The molecule has 0 heterocycles. The average molecular weight is 304 g/mol. The van der Waals surface area contributed by atoms with E-state index in [4.69, 9.17) is 16.3 Å². The van der Waals surface area contributed by atoms with Gasteiger partial charge in [-0.25, -0.2) is 0 Å². The molecule has 0 aromatic heterocycles. The minimum absolute atomic E-state index is 0.0142. The number of carbonyl (C=O) groups is 1. The van der Waals surface area contributed by atoms with E-state index >= 15 is 0 Å². The van der Waals surface area contributed by atoms with Crippen LogP contribution in [0.5, 0.6) is 5.75 Å². The number of aryl methyl sites for hydroxylation is 1. The maximum Gasteiger partial charge on any atom is 0.258 e. The van der Waals surface area contributed by atoms with Crippen LogP contribution in [0.1, 0.15) is 24.1 Å². The monoisotopic (exact) mass is 303 g/mol. The summed E-state index contributed by atoms with van der Waals surface area (Å²) >= 11 is 6.11. The number of amides is 1. The highest BCUT2D eigenvalue weighted by atomic mass is 35.5. The lowest BCUT2D eigenvalue weighted by Crippen LogP contribution is -2.31. The van der Waals surface area contributed by atoms with Crippen molar-refractivity contribution in [2.24, 2.45) is 0 Å². The van der Waals surface area contributed by atoms with Crippen LogP contribution in [0.25, 0.3) is 0 Å². The van der Waals surface area contributed by atoms with Crippen molar-refractivity contribution in [1.82, 2.24) is 5.32 Å². The summed E-state index contributed by atoms with van der Waals surface area (Å²) in [6, 6.07) is 14.9. The Morgan fingerprint density at radius 2 is 1.86 bits per heavy atom. The summed E-state index contributed by atoms with van der Waals surface area (Å²) in [6.45, 7) is 3.83. The predicted molar refractivity (Wildman–Crippen MR) is 84.7 cm³/mol. The number of benzene rings is 2. The third kappa shape index (κ3) is 4.23. The fraction of sp³-hybridized carbons (Fsp3) is 0.235. The van der Waals surface area contributed by atoms with Crippen LogP contribution in [0.15, 0.2) is 48.5 Å². The second-order valence-electron chi connectivity index (χ2n) is 4.86. The molecule has 0 aliphatic heterocycles. The van der Waals surface area contributed by atoms with Crippen LogP contribution in [0, 0.1) is 6.92 Å². The fourth-order valence-corrected chi connectivity index (χ4v) is 2.35. The van der Waals surface area contributed by atoms with Gasteiger partial charge in [-0.1, -0.05) is 48.0 Å². The molecule has 0 spiro atoms. The molecule has 1 unspecified atom stereocenters. The Morgan fingerprint density at radius 3 is 2.57 bits per heavy atom. The van der Waals surface area contributed by atoms with E-state index in [9.17, 15) is 4.79 Å². The molecule has 0 aliphatic rings. The number of rotatable bonds is 5. The molecule has 2 rings (SSSR count). The van der Waals surface area contributed by atoms with Crippen molar-refractivity contribution < 1.29 is 9.53 Å². The molecular weight excluding hydrogens is 286 g/mol. The van der Waals surface area contributed by atoms with Crippen molar-refractivity contribution in [2.45, 2.75) is 19.9 Å². The van der Waals surface area contributed by atoms with Gasteiger partial charge in [0.1, 0.15) is 5.75 Å². The molecule has 2 aromatic rings. The van der Waals surface area contributed by atoms with Gasteiger partial charge in [-0.15, -0.1) is 0 Å². The van der Waals surface area contributed by atoms with E-state index in [0.29, 0.717) is 5.02 Å². The van der Waals surface area contributed by atoms with Gasteiger partial charge in [-0.05, 0) is 37.1 Å². The van der Waals surface area contributed by atoms with Crippen LogP contribution in [-0.2, 0) is 4.79 Å². The SMILES string of the molecule is Cc1ccccc1OCC(=O)NC(C)c1ccccc1Cl. The van der Waals surface area contributed by atoms with Gasteiger partial charge in [0.2, 0.25) is 0 Å². The maximum absolute atomic E-state index is 11.9. The minimum atomic E-state index is -0.175. The van der Waals surface area contributed by atoms with Crippen LogP contribution in [0.4, 0.5) is 0 Å². The topological polar surface area (TPSA) is 38.3 Å². The van der Waals surface area contributed by atoms with Gasteiger partial charge >= 0.3 is 0 Å². The van der Waals surface area contributed by atoms with Crippen molar-refractivity contribution in [2.75, 3.05) is 6.61 Å². The van der Waals surface area contributed by atoms with Crippen LogP contribution in [0.2, 0.25) is 5.02 Å². The molecule has 0 saturated carbocycles. The molecule has 1 N–H and O–H groups in total. The molecule has 0 fully saturated rings. The molecule has 110 valence electrons. The Morgan fingerprint density at radius 1 is 1.19 bits per heavy atom. The van der Waals surface area contributed by atoms with E-state index in [2.05, 4.69) is 5.32 Å². The van der Waals surface area contributed by atoms with E-state index in [1.165, 1.54) is 0 Å². The zero-order valence-corrected chi connectivity index (χ0v) is 12.9. The minimum Gasteiger partial charge on any atom is -0.484 e. The molecule has 4 heteroatoms. The molecule has 2 aromatic carbocycles. The molecule has 0 saturated heterocycles. The number of carbonyl (C=O) groups excluding carboxylic acids is 1. The smallest absolute Gasteiger partial charge is 0.258 e. The third-order valence-electron chi connectivity index (χ3n) is 3.20. The fourth-order valence-electron chi connectivity index (χ4n) is 2.05. The van der Waals surface area contributed by atoms with E-state index < -0.39 is 0 Å². The lowest BCUT2D eigenvalue weighted by molar-refractivity contribution is -0.123. The first-order chi connectivity index (χ1) is 10.1. The normalized spacial score (nSPS) is 11.8. The third-order valence-corrected chi connectivity index (χ3v) is 3.55. The number of nitrogens with one attached hydrogen (secondary N) is 1. The summed E-state index contributed by atoms with van der Waals surface area (Å²) < 4.78 is 5.52. The quantitative estimate of drug-likeness (QED) is 0.909. The molecule has 21 heavy (non-hydrogen) atoms. The summed E-state index contributed by atoms with van der Waals surface area (Å²) in [5.74, 6) is 0.545.